The second-order valence-electron chi connectivity index (χ2n) is 5.64. The lowest BCUT2D eigenvalue weighted by Crippen LogP contribution is -2.30. The van der Waals surface area contributed by atoms with Crippen LogP contribution in [0.25, 0.3) is 10.8 Å². The summed E-state index contributed by atoms with van der Waals surface area (Å²) in [5.74, 6) is 0. The van der Waals surface area contributed by atoms with Crippen LogP contribution in [0.4, 0.5) is 10.5 Å². The minimum atomic E-state index is -0.173. The van der Waals surface area contributed by atoms with Crippen molar-refractivity contribution in [1.29, 1.82) is 0 Å². The van der Waals surface area contributed by atoms with Gasteiger partial charge in [-0.2, -0.15) is 0 Å². The molecule has 23 heavy (non-hydrogen) atoms. The van der Waals surface area contributed by atoms with Gasteiger partial charge in [-0.3, -0.25) is 0 Å². The number of nitrogens with one attached hydrogen (secondary N) is 2. The maximum absolute atomic E-state index is 12.1. The highest BCUT2D eigenvalue weighted by Gasteiger charge is 2.04. The molecule has 0 saturated heterocycles. The van der Waals surface area contributed by atoms with Crippen molar-refractivity contribution in [3.8, 4) is 0 Å². The number of carbonyl (C=O) groups is 1. The van der Waals surface area contributed by atoms with E-state index in [4.69, 9.17) is 0 Å². The molecule has 3 aromatic rings. The number of anilines is 1. The molecule has 2 N–H and O–H groups in total. The van der Waals surface area contributed by atoms with Gasteiger partial charge in [-0.25, -0.2) is 4.79 Å². The van der Waals surface area contributed by atoms with E-state index in [2.05, 4.69) is 41.8 Å². The summed E-state index contributed by atoms with van der Waals surface area (Å²) in [6.07, 6.45) is 0.823. The summed E-state index contributed by atoms with van der Waals surface area (Å²) in [6.45, 7) is 2.68. The number of carbonyl (C=O) groups excluding carboxylic acids is 1. The van der Waals surface area contributed by atoms with Gasteiger partial charge in [-0.15, -0.1) is 0 Å². The Morgan fingerprint density at radius 2 is 1.65 bits per heavy atom. The van der Waals surface area contributed by atoms with E-state index >= 15 is 0 Å². The van der Waals surface area contributed by atoms with Gasteiger partial charge in [0.2, 0.25) is 0 Å². The van der Waals surface area contributed by atoms with Crippen molar-refractivity contribution in [2.45, 2.75) is 13.3 Å². The Hall–Kier alpha value is -2.81. The summed E-state index contributed by atoms with van der Waals surface area (Å²) in [4.78, 5) is 12.1. The van der Waals surface area contributed by atoms with Gasteiger partial charge < -0.3 is 10.6 Å². The van der Waals surface area contributed by atoms with Crippen LogP contribution in [-0.4, -0.2) is 12.6 Å². The van der Waals surface area contributed by atoms with Crippen molar-refractivity contribution < 1.29 is 4.79 Å². The fourth-order valence-corrected chi connectivity index (χ4v) is 2.58. The fraction of sp³-hybridized carbons (Fsp3) is 0.150. The average molecular weight is 304 g/mol. The molecule has 0 unspecified atom stereocenters. The molecule has 3 aromatic carbocycles. The maximum atomic E-state index is 12.1. The van der Waals surface area contributed by atoms with Crippen LogP contribution in [0.2, 0.25) is 0 Å². The first-order valence-corrected chi connectivity index (χ1v) is 7.80. The minimum Gasteiger partial charge on any atom is -0.338 e. The third kappa shape index (κ3) is 3.89. The van der Waals surface area contributed by atoms with Crippen LogP contribution in [0, 0.1) is 6.92 Å². The Labute approximate surface area is 136 Å². The molecule has 3 rings (SSSR count). The Balaban J connectivity index is 1.57. The molecule has 0 aromatic heterocycles. The molecule has 0 bridgehead atoms. The van der Waals surface area contributed by atoms with Gasteiger partial charge in [0.15, 0.2) is 0 Å². The van der Waals surface area contributed by atoms with Gasteiger partial charge in [0.05, 0.1) is 5.69 Å². The Morgan fingerprint density at radius 3 is 2.48 bits per heavy atom. The van der Waals surface area contributed by atoms with Gasteiger partial charge in [0.25, 0.3) is 0 Å². The van der Waals surface area contributed by atoms with Gasteiger partial charge in [0, 0.05) is 11.9 Å². The quantitative estimate of drug-likeness (QED) is 0.731. The van der Waals surface area contributed by atoms with E-state index < -0.39 is 0 Å². The van der Waals surface area contributed by atoms with Gasteiger partial charge in [-0.05, 0) is 30.4 Å². The number of fused-ring (bicyclic) bond motifs is 1. The molecule has 0 aliphatic heterocycles. The Morgan fingerprint density at radius 1 is 0.913 bits per heavy atom. The van der Waals surface area contributed by atoms with E-state index in [0.717, 1.165) is 22.9 Å². The third-order valence-corrected chi connectivity index (χ3v) is 3.86. The summed E-state index contributed by atoms with van der Waals surface area (Å²) < 4.78 is 0. The number of rotatable bonds is 4. The Kier molecular flexibility index (Phi) is 4.57. The fourth-order valence-electron chi connectivity index (χ4n) is 2.58. The standard InChI is InChI=1S/C20H20N2O/c1-15-9-11-16(12-10-15)13-14-21-20(23)22-19-8-4-6-17-5-2-3-7-18(17)19/h2-12H,13-14H2,1H3,(H2,21,22,23). The van der Waals surface area contributed by atoms with E-state index in [1.807, 2.05) is 42.5 Å². The molecule has 3 heteroatoms. The summed E-state index contributed by atoms with van der Waals surface area (Å²) in [7, 11) is 0. The van der Waals surface area contributed by atoms with E-state index in [1.165, 1.54) is 11.1 Å². The molecule has 0 atom stereocenters. The first kappa shape index (κ1) is 15.1. The zero-order chi connectivity index (χ0) is 16.1. The molecule has 0 radical (unpaired) electrons. The van der Waals surface area contributed by atoms with Crippen LogP contribution >= 0.6 is 0 Å². The molecule has 0 heterocycles. The first-order chi connectivity index (χ1) is 11.2. The second-order valence-corrected chi connectivity index (χ2v) is 5.64. The summed E-state index contributed by atoms with van der Waals surface area (Å²) in [6, 6.07) is 22.1. The van der Waals surface area contributed by atoms with E-state index in [0.29, 0.717) is 6.54 Å². The summed E-state index contributed by atoms with van der Waals surface area (Å²) in [5.41, 5.74) is 3.30. The lowest BCUT2D eigenvalue weighted by Gasteiger charge is -2.10. The molecule has 2 amide bonds. The van der Waals surface area contributed by atoms with E-state index in [1.54, 1.807) is 0 Å². The van der Waals surface area contributed by atoms with Crippen molar-refractivity contribution in [3.05, 3.63) is 77.9 Å². The van der Waals surface area contributed by atoms with Crippen LogP contribution in [0.3, 0.4) is 0 Å². The van der Waals surface area contributed by atoms with Crippen LogP contribution in [-0.2, 0) is 6.42 Å². The zero-order valence-electron chi connectivity index (χ0n) is 13.2. The number of benzene rings is 3. The summed E-state index contributed by atoms with van der Waals surface area (Å²) in [5, 5.41) is 8.00. The number of hydrogen-bond acceptors (Lipinski definition) is 1. The molecular weight excluding hydrogens is 284 g/mol. The molecule has 0 spiro atoms. The van der Waals surface area contributed by atoms with Crippen molar-refractivity contribution in [1.82, 2.24) is 5.32 Å². The molecular formula is C20H20N2O. The topological polar surface area (TPSA) is 41.1 Å². The smallest absolute Gasteiger partial charge is 0.319 e. The normalized spacial score (nSPS) is 10.5. The average Bonchev–Trinajstić information content (AvgIpc) is 2.57. The highest BCUT2D eigenvalue weighted by Crippen LogP contribution is 2.22. The Bertz CT molecular complexity index is 804. The molecule has 116 valence electrons. The van der Waals surface area contributed by atoms with Crippen LogP contribution < -0.4 is 10.6 Å². The lowest BCUT2D eigenvalue weighted by atomic mass is 10.1. The minimum absolute atomic E-state index is 0.173. The highest BCUT2D eigenvalue weighted by molar-refractivity contribution is 6.01. The largest absolute Gasteiger partial charge is 0.338 e. The molecule has 0 fully saturated rings. The third-order valence-electron chi connectivity index (χ3n) is 3.86. The SMILES string of the molecule is Cc1ccc(CCNC(=O)Nc2cccc3ccccc23)cc1. The van der Waals surface area contributed by atoms with Gasteiger partial charge in [0.1, 0.15) is 0 Å². The number of amides is 2. The highest BCUT2D eigenvalue weighted by atomic mass is 16.2. The number of urea groups is 1. The van der Waals surface area contributed by atoms with Crippen LogP contribution in [0.15, 0.2) is 66.7 Å². The van der Waals surface area contributed by atoms with E-state index in [9.17, 15) is 4.79 Å². The molecule has 0 aliphatic carbocycles. The van der Waals surface area contributed by atoms with Crippen molar-refractivity contribution in [2.75, 3.05) is 11.9 Å². The van der Waals surface area contributed by atoms with E-state index in [-0.39, 0.29) is 6.03 Å². The summed E-state index contributed by atoms with van der Waals surface area (Å²) >= 11 is 0. The van der Waals surface area contributed by atoms with Gasteiger partial charge in [-0.1, -0.05) is 66.2 Å². The number of hydrogen-bond donors (Lipinski definition) is 2. The monoisotopic (exact) mass is 304 g/mol. The molecule has 3 nitrogen and oxygen atoms in total. The van der Waals surface area contributed by atoms with Crippen molar-refractivity contribution in [3.63, 3.8) is 0 Å². The van der Waals surface area contributed by atoms with Crippen molar-refractivity contribution >= 4 is 22.5 Å². The van der Waals surface area contributed by atoms with Crippen molar-refractivity contribution in [2.24, 2.45) is 0 Å². The number of aryl methyl sites for hydroxylation is 1. The molecule has 0 saturated carbocycles. The first-order valence-electron chi connectivity index (χ1n) is 7.80. The maximum Gasteiger partial charge on any atom is 0.319 e. The van der Waals surface area contributed by atoms with Crippen LogP contribution in [0.1, 0.15) is 11.1 Å². The molecule has 0 aliphatic rings. The second kappa shape index (κ2) is 6.97. The zero-order valence-corrected chi connectivity index (χ0v) is 13.2. The van der Waals surface area contributed by atoms with Gasteiger partial charge >= 0.3 is 6.03 Å². The predicted octanol–water partition coefficient (Wildman–Crippen LogP) is 4.51. The predicted molar refractivity (Wildman–Crippen MR) is 95.9 cm³/mol. The van der Waals surface area contributed by atoms with Crippen LogP contribution in [0.5, 0.6) is 0 Å². The lowest BCUT2D eigenvalue weighted by molar-refractivity contribution is 0.252.